The van der Waals surface area contributed by atoms with Crippen LogP contribution in [0.2, 0.25) is 5.02 Å². The van der Waals surface area contributed by atoms with Gasteiger partial charge in [0.25, 0.3) is 0 Å². The van der Waals surface area contributed by atoms with Gasteiger partial charge in [0.05, 0.1) is 35.7 Å². The molecule has 1 aliphatic rings. The van der Waals surface area contributed by atoms with Crippen molar-refractivity contribution in [3.05, 3.63) is 125 Å². The average Bonchev–Trinajstić information content (AvgIpc) is 3.33. The second-order valence-electron chi connectivity index (χ2n) is 9.83. The second-order valence-corrected chi connectivity index (χ2v) is 11.9. The van der Waals surface area contributed by atoms with Gasteiger partial charge in [0.15, 0.2) is 0 Å². The van der Waals surface area contributed by atoms with Crippen LogP contribution < -0.4 is 9.47 Å². The van der Waals surface area contributed by atoms with Gasteiger partial charge in [0, 0.05) is 29.2 Å². The first-order valence-electron chi connectivity index (χ1n) is 12.9. The molecule has 5 rings (SSSR count). The first-order chi connectivity index (χ1) is 19.7. The first kappa shape index (κ1) is 28.0. The predicted molar refractivity (Wildman–Crippen MR) is 161 cm³/mol. The third kappa shape index (κ3) is 5.85. The highest BCUT2D eigenvalue weighted by Gasteiger charge is 2.45. The molecule has 4 aromatic rings. The summed E-state index contributed by atoms with van der Waals surface area (Å²) in [7, 11) is -0.271. The van der Waals surface area contributed by atoms with Crippen molar-refractivity contribution in [2.24, 2.45) is 9.50 Å². The first-order valence-corrected chi connectivity index (χ1v) is 14.7. The SMILES string of the molecule is CC1C(c2ccccc2)C(c2ccc(C#N)cc2)=NN1/C(=N\S(=O)(=O)c1ccc(Cl)cc1)[n+]1ccc(N(C)C)cc1. The van der Waals surface area contributed by atoms with Gasteiger partial charge in [-0.1, -0.05) is 54.1 Å². The van der Waals surface area contributed by atoms with Crippen LogP contribution in [0.15, 0.2) is 118 Å². The van der Waals surface area contributed by atoms with Gasteiger partial charge in [-0.05, 0) is 66.6 Å². The Bertz CT molecular complexity index is 1750. The molecule has 41 heavy (non-hydrogen) atoms. The quantitative estimate of drug-likeness (QED) is 0.186. The van der Waals surface area contributed by atoms with E-state index in [4.69, 9.17) is 16.7 Å². The van der Waals surface area contributed by atoms with E-state index in [-0.39, 0.29) is 22.8 Å². The van der Waals surface area contributed by atoms with Gasteiger partial charge in [-0.3, -0.25) is 0 Å². The molecule has 2 heterocycles. The number of hydrogen-bond donors (Lipinski definition) is 0. The molecule has 3 aromatic carbocycles. The number of halogens is 1. The summed E-state index contributed by atoms with van der Waals surface area (Å²) in [6.07, 6.45) is 3.54. The summed E-state index contributed by atoms with van der Waals surface area (Å²) in [5.41, 5.74) is 4.09. The number of hydrogen-bond acceptors (Lipinski definition) is 5. The molecule has 0 N–H and O–H groups in total. The zero-order valence-electron chi connectivity index (χ0n) is 22.8. The van der Waals surface area contributed by atoms with Crippen molar-refractivity contribution in [2.75, 3.05) is 19.0 Å². The lowest BCUT2D eigenvalue weighted by Gasteiger charge is -2.21. The molecule has 0 aliphatic carbocycles. The molecule has 0 spiro atoms. The monoisotopic (exact) mass is 583 g/mol. The van der Waals surface area contributed by atoms with Crippen molar-refractivity contribution in [2.45, 2.75) is 23.8 Å². The molecule has 2 atom stereocenters. The average molecular weight is 584 g/mol. The van der Waals surface area contributed by atoms with Crippen LogP contribution in [-0.4, -0.2) is 45.2 Å². The number of benzene rings is 3. The lowest BCUT2D eigenvalue weighted by atomic mass is 9.85. The summed E-state index contributed by atoms with van der Waals surface area (Å²) in [6.45, 7) is 2.00. The van der Waals surface area contributed by atoms with E-state index in [2.05, 4.69) is 10.5 Å². The third-order valence-corrected chi connectivity index (χ3v) is 8.45. The Morgan fingerprint density at radius 3 is 2.20 bits per heavy atom. The molecule has 0 fully saturated rings. The smallest absolute Gasteiger partial charge is 0.377 e. The van der Waals surface area contributed by atoms with Gasteiger partial charge in [-0.2, -0.15) is 13.7 Å². The van der Waals surface area contributed by atoms with Gasteiger partial charge in [0.1, 0.15) is 10.9 Å². The summed E-state index contributed by atoms with van der Waals surface area (Å²) < 4.78 is 33.2. The zero-order valence-corrected chi connectivity index (χ0v) is 24.3. The van der Waals surface area contributed by atoms with Crippen molar-refractivity contribution < 1.29 is 13.0 Å². The van der Waals surface area contributed by atoms with Gasteiger partial charge in [-0.25, -0.2) is 4.57 Å². The lowest BCUT2D eigenvalue weighted by Crippen LogP contribution is -2.53. The molecule has 0 amide bonds. The number of nitriles is 1. The molecular weight excluding hydrogens is 556 g/mol. The van der Waals surface area contributed by atoms with Crippen molar-refractivity contribution in [3.63, 3.8) is 0 Å². The number of hydrazone groups is 1. The van der Waals surface area contributed by atoms with E-state index in [9.17, 15) is 13.7 Å². The minimum atomic E-state index is -4.13. The number of sulfonamides is 1. The zero-order chi connectivity index (χ0) is 29.1. The summed E-state index contributed by atoms with van der Waals surface area (Å²) in [5, 5.41) is 16.4. The minimum absolute atomic E-state index is 0.0210. The van der Waals surface area contributed by atoms with Crippen molar-refractivity contribution in [1.82, 2.24) is 5.01 Å². The van der Waals surface area contributed by atoms with E-state index in [0.717, 1.165) is 22.5 Å². The second kappa shape index (κ2) is 11.5. The Labute approximate surface area is 245 Å². The van der Waals surface area contributed by atoms with E-state index in [0.29, 0.717) is 10.6 Å². The standard InChI is InChI=1S/C31H28ClN6O2S/c1-22-29(24-7-5-4-6-8-24)30(25-11-9-23(21-33)10-12-25)34-38(22)31(37-19-17-27(18-20-37)36(2)3)35-41(39,40)28-15-13-26(32)14-16-28/h4-20,22,29H,1-3H3/q+1/b35-31-. The molecular formula is C31H28ClN6O2S+. The highest BCUT2D eigenvalue weighted by atomic mass is 35.5. The molecule has 1 aromatic heterocycles. The van der Waals surface area contributed by atoms with Crippen molar-refractivity contribution >= 4 is 39.0 Å². The fourth-order valence-corrected chi connectivity index (χ4v) is 5.84. The van der Waals surface area contributed by atoms with Gasteiger partial charge in [-0.15, -0.1) is 10.1 Å². The van der Waals surface area contributed by atoms with Crippen LogP contribution in [0.25, 0.3) is 0 Å². The van der Waals surface area contributed by atoms with Gasteiger partial charge in [0.2, 0.25) is 0 Å². The Hall–Kier alpha value is -4.52. The van der Waals surface area contributed by atoms with Crippen LogP contribution in [0.5, 0.6) is 0 Å². The highest BCUT2D eigenvalue weighted by Crippen LogP contribution is 2.34. The maximum absolute atomic E-state index is 13.6. The molecule has 0 saturated carbocycles. The molecule has 0 saturated heterocycles. The Balaban J connectivity index is 1.69. The van der Waals surface area contributed by atoms with E-state index >= 15 is 0 Å². The number of pyridine rings is 1. The van der Waals surface area contributed by atoms with E-state index in [1.807, 2.05) is 80.5 Å². The largest absolute Gasteiger partial charge is 0.435 e. The minimum Gasteiger partial charge on any atom is -0.377 e. The molecule has 0 bridgehead atoms. The third-order valence-electron chi connectivity index (χ3n) is 6.92. The number of aromatic nitrogens is 1. The molecule has 0 radical (unpaired) electrons. The van der Waals surface area contributed by atoms with Crippen LogP contribution in [0.1, 0.15) is 29.5 Å². The molecule has 10 heteroatoms. The molecule has 206 valence electrons. The van der Waals surface area contributed by atoms with Crippen LogP contribution in [0.3, 0.4) is 0 Å². The Morgan fingerprint density at radius 2 is 1.61 bits per heavy atom. The van der Waals surface area contributed by atoms with Crippen LogP contribution in [0, 0.1) is 11.3 Å². The fourth-order valence-electron chi connectivity index (χ4n) is 4.74. The van der Waals surface area contributed by atoms with Crippen LogP contribution in [0.4, 0.5) is 5.69 Å². The lowest BCUT2D eigenvalue weighted by molar-refractivity contribution is -0.565. The highest BCUT2D eigenvalue weighted by molar-refractivity contribution is 7.90. The van der Waals surface area contributed by atoms with Gasteiger partial charge < -0.3 is 4.90 Å². The summed E-state index contributed by atoms with van der Waals surface area (Å²) in [6, 6.07) is 28.7. The maximum Gasteiger partial charge on any atom is 0.435 e. The summed E-state index contributed by atoms with van der Waals surface area (Å²) in [5.74, 6) is -0.0726. The molecule has 8 nitrogen and oxygen atoms in total. The Morgan fingerprint density at radius 1 is 0.976 bits per heavy atom. The topological polar surface area (TPSA) is 93.0 Å². The fraction of sp³-hybridized carbons (Fsp3) is 0.161. The normalized spacial score (nSPS) is 17.2. The molecule has 2 unspecified atom stereocenters. The van der Waals surface area contributed by atoms with Crippen LogP contribution in [-0.2, 0) is 10.0 Å². The van der Waals surface area contributed by atoms with E-state index < -0.39 is 10.0 Å². The van der Waals surface area contributed by atoms with Crippen LogP contribution >= 0.6 is 11.6 Å². The maximum atomic E-state index is 13.6. The van der Waals surface area contributed by atoms with Gasteiger partial charge >= 0.3 is 16.0 Å². The summed E-state index contributed by atoms with van der Waals surface area (Å²) in [4.78, 5) is 1.98. The van der Waals surface area contributed by atoms with E-state index in [1.165, 1.54) is 24.3 Å². The number of nitrogens with zero attached hydrogens (tertiary/aromatic N) is 6. The molecule has 1 aliphatic heterocycles. The Kier molecular flexibility index (Phi) is 7.88. The summed E-state index contributed by atoms with van der Waals surface area (Å²) >= 11 is 6.01. The van der Waals surface area contributed by atoms with Crippen molar-refractivity contribution in [1.29, 1.82) is 5.26 Å². The van der Waals surface area contributed by atoms with Crippen molar-refractivity contribution in [3.8, 4) is 6.07 Å². The van der Waals surface area contributed by atoms with E-state index in [1.54, 1.807) is 34.1 Å². The number of anilines is 1. The number of rotatable bonds is 5. The predicted octanol–water partition coefficient (Wildman–Crippen LogP) is 5.05.